The van der Waals surface area contributed by atoms with Crippen molar-refractivity contribution < 1.29 is 9.32 Å². The molecule has 0 saturated carbocycles. The third kappa shape index (κ3) is 2.60. The molecular weight excluding hydrogens is 268 g/mol. The standard InChI is InChI=1S/C15H14N4O2/c1-10-17-13(18-21-10)9-19(2)15(20)14-12-6-4-3-5-11(12)7-8-16-14/h3-8H,9H2,1-2H3. The quantitative estimate of drug-likeness (QED) is 0.736. The molecule has 0 fully saturated rings. The van der Waals surface area contributed by atoms with Crippen molar-refractivity contribution in [3.05, 3.63) is 53.9 Å². The second-order valence-electron chi connectivity index (χ2n) is 4.77. The molecular formula is C15H14N4O2. The summed E-state index contributed by atoms with van der Waals surface area (Å²) in [6.45, 7) is 1.99. The van der Waals surface area contributed by atoms with E-state index in [-0.39, 0.29) is 12.5 Å². The largest absolute Gasteiger partial charge is 0.340 e. The van der Waals surface area contributed by atoms with Gasteiger partial charge in [0.15, 0.2) is 5.82 Å². The zero-order valence-corrected chi connectivity index (χ0v) is 11.8. The van der Waals surface area contributed by atoms with Gasteiger partial charge in [-0.05, 0) is 11.5 Å². The van der Waals surface area contributed by atoms with E-state index >= 15 is 0 Å². The van der Waals surface area contributed by atoms with Crippen LogP contribution in [-0.4, -0.2) is 33.0 Å². The average molecular weight is 282 g/mol. The Balaban J connectivity index is 1.89. The first-order valence-electron chi connectivity index (χ1n) is 6.53. The number of amides is 1. The van der Waals surface area contributed by atoms with Crippen LogP contribution in [0.4, 0.5) is 0 Å². The number of aryl methyl sites for hydroxylation is 1. The second-order valence-corrected chi connectivity index (χ2v) is 4.77. The van der Waals surface area contributed by atoms with E-state index in [4.69, 9.17) is 4.52 Å². The molecule has 2 aromatic heterocycles. The Morgan fingerprint density at radius 3 is 2.86 bits per heavy atom. The van der Waals surface area contributed by atoms with Gasteiger partial charge in [-0.15, -0.1) is 0 Å². The van der Waals surface area contributed by atoms with Crippen LogP contribution in [0.25, 0.3) is 10.8 Å². The fourth-order valence-electron chi connectivity index (χ4n) is 2.16. The molecule has 3 rings (SSSR count). The maximum atomic E-state index is 12.5. The maximum Gasteiger partial charge on any atom is 0.273 e. The zero-order chi connectivity index (χ0) is 14.8. The Kier molecular flexibility index (Phi) is 3.35. The average Bonchev–Trinajstić information content (AvgIpc) is 2.91. The van der Waals surface area contributed by atoms with Crippen molar-refractivity contribution in [2.75, 3.05) is 7.05 Å². The highest BCUT2D eigenvalue weighted by molar-refractivity contribution is 6.04. The molecule has 0 N–H and O–H groups in total. The first kappa shape index (κ1) is 13.2. The predicted octanol–water partition coefficient (Wildman–Crippen LogP) is 2.20. The van der Waals surface area contributed by atoms with Gasteiger partial charge in [-0.3, -0.25) is 9.78 Å². The van der Waals surface area contributed by atoms with E-state index in [9.17, 15) is 4.79 Å². The number of rotatable bonds is 3. The minimum Gasteiger partial charge on any atom is -0.340 e. The van der Waals surface area contributed by atoms with Gasteiger partial charge in [0, 0.05) is 25.6 Å². The SMILES string of the molecule is Cc1nc(CN(C)C(=O)c2nccc3ccccc23)no1. The lowest BCUT2D eigenvalue weighted by Gasteiger charge is -2.15. The Morgan fingerprint density at radius 1 is 1.29 bits per heavy atom. The summed E-state index contributed by atoms with van der Waals surface area (Å²) in [5.74, 6) is 0.784. The van der Waals surface area contributed by atoms with Crippen LogP contribution >= 0.6 is 0 Å². The van der Waals surface area contributed by atoms with Gasteiger partial charge < -0.3 is 9.42 Å². The summed E-state index contributed by atoms with van der Waals surface area (Å²) in [6, 6.07) is 9.55. The number of fused-ring (bicyclic) bond motifs is 1. The van der Waals surface area contributed by atoms with Crippen molar-refractivity contribution in [3.63, 3.8) is 0 Å². The molecule has 21 heavy (non-hydrogen) atoms. The highest BCUT2D eigenvalue weighted by atomic mass is 16.5. The number of hydrogen-bond acceptors (Lipinski definition) is 5. The van der Waals surface area contributed by atoms with E-state index in [1.54, 1.807) is 20.2 Å². The van der Waals surface area contributed by atoms with Crippen LogP contribution in [0, 0.1) is 6.92 Å². The monoisotopic (exact) mass is 282 g/mol. The van der Waals surface area contributed by atoms with Crippen LogP contribution in [0.1, 0.15) is 22.2 Å². The Morgan fingerprint density at radius 2 is 2.10 bits per heavy atom. The summed E-state index contributed by atoms with van der Waals surface area (Å²) in [5.41, 5.74) is 0.427. The first-order valence-corrected chi connectivity index (χ1v) is 6.53. The minimum atomic E-state index is -0.172. The lowest BCUT2D eigenvalue weighted by molar-refractivity contribution is 0.0777. The van der Waals surface area contributed by atoms with Crippen molar-refractivity contribution in [1.29, 1.82) is 0 Å². The molecule has 0 aliphatic rings. The number of pyridine rings is 1. The molecule has 0 saturated heterocycles. The van der Waals surface area contributed by atoms with E-state index in [1.165, 1.54) is 4.90 Å². The molecule has 0 aliphatic heterocycles. The van der Waals surface area contributed by atoms with Crippen molar-refractivity contribution in [1.82, 2.24) is 20.0 Å². The van der Waals surface area contributed by atoms with Crippen LogP contribution in [0.3, 0.4) is 0 Å². The van der Waals surface area contributed by atoms with Crippen LogP contribution in [-0.2, 0) is 6.54 Å². The second kappa shape index (κ2) is 5.32. The third-order valence-corrected chi connectivity index (χ3v) is 3.17. The van der Waals surface area contributed by atoms with Gasteiger partial charge in [-0.1, -0.05) is 29.4 Å². The van der Waals surface area contributed by atoms with Gasteiger partial charge in [0.05, 0.1) is 6.54 Å². The lowest BCUT2D eigenvalue weighted by Crippen LogP contribution is -2.27. The van der Waals surface area contributed by atoms with Crippen LogP contribution in [0.15, 0.2) is 41.1 Å². The van der Waals surface area contributed by atoms with Crippen LogP contribution < -0.4 is 0 Å². The number of carbonyl (C=O) groups excluding carboxylic acids is 1. The summed E-state index contributed by atoms with van der Waals surface area (Å²) in [7, 11) is 1.69. The third-order valence-electron chi connectivity index (χ3n) is 3.17. The van der Waals surface area contributed by atoms with Gasteiger partial charge in [-0.2, -0.15) is 4.98 Å². The molecule has 0 atom stereocenters. The molecule has 1 amide bonds. The Labute approximate surface area is 121 Å². The van der Waals surface area contributed by atoms with Crippen molar-refractivity contribution >= 4 is 16.7 Å². The van der Waals surface area contributed by atoms with Gasteiger partial charge in [0.1, 0.15) is 5.69 Å². The summed E-state index contributed by atoms with van der Waals surface area (Å²) in [6.07, 6.45) is 1.64. The summed E-state index contributed by atoms with van der Waals surface area (Å²) >= 11 is 0. The zero-order valence-electron chi connectivity index (χ0n) is 11.8. The number of carbonyl (C=O) groups is 1. The highest BCUT2D eigenvalue weighted by Gasteiger charge is 2.18. The van der Waals surface area contributed by atoms with E-state index in [1.807, 2.05) is 30.3 Å². The molecule has 106 valence electrons. The van der Waals surface area contributed by atoms with Gasteiger partial charge in [-0.25, -0.2) is 0 Å². The Bertz CT molecular complexity index is 792. The molecule has 6 nitrogen and oxygen atoms in total. The number of hydrogen-bond donors (Lipinski definition) is 0. The molecule has 6 heteroatoms. The van der Waals surface area contributed by atoms with Gasteiger partial charge >= 0.3 is 0 Å². The van der Waals surface area contributed by atoms with Gasteiger partial charge in [0.2, 0.25) is 5.89 Å². The van der Waals surface area contributed by atoms with Crippen LogP contribution in [0.2, 0.25) is 0 Å². The Hall–Kier alpha value is -2.76. The van der Waals surface area contributed by atoms with Crippen molar-refractivity contribution in [2.24, 2.45) is 0 Å². The number of aromatic nitrogens is 3. The summed E-state index contributed by atoms with van der Waals surface area (Å²) in [4.78, 5) is 22.4. The highest BCUT2D eigenvalue weighted by Crippen LogP contribution is 2.17. The predicted molar refractivity (Wildman–Crippen MR) is 76.6 cm³/mol. The molecule has 0 aliphatic carbocycles. The van der Waals surface area contributed by atoms with Crippen LogP contribution in [0.5, 0.6) is 0 Å². The fraction of sp³-hybridized carbons (Fsp3) is 0.200. The topological polar surface area (TPSA) is 72.1 Å². The molecule has 0 spiro atoms. The normalized spacial score (nSPS) is 10.8. The lowest BCUT2D eigenvalue weighted by atomic mass is 10.1. The smallest absolute Gasteiger partial charge is 0.273 e. The molecule has 0 radical (unpaired) electrons. The maximum absolute atomic E-state index is 12.5. The van der Waals surface area contributed by atoms with E-state index < -0.39 is 0 Å². The molecule has 0 unspecified atom stereocenters. The number of benzene rings is 1. The van der Waals surface area contributed by atoms with E-state index in [0.29, 0.717) is 17.4 Å². The summed E-state index contributed by atoms with van der Waals surface area (Å²) < 4.78 is 4.91. The molecule has 3 aromatic rings. The molecule has 1 aromatic carbocycles. The molecule has 0 bridgehead atoms. The number of nitrogens with zero attached hydrogens (tertiary/aromatic N) is 4. The van der Waals surface area contributed by atoms with Crippen molar-refractivity contribution in [3.8, 4) is 0 Å². The van der Waals surface area contributed by atoms with E-state index in [2.05, 4.69) is 15.1 Å². The van der Waals surface area contributed by atoms with Gasteiger partial charge in [0.25, 0.3) is 5.91 Å². The minimum absolute atomic E-state index is 0.172. The van der Waals surface area contributed by atoms with E-state index in [0.717, 1.165) is 10.8 Å². The first-order chi connectivity index (χ1) is 10.1. The van der Waals surface area contributed by atoms with Crippen molar-refractivity contribution in [2.45, 2.75) is 13.5 Å². The molecule has 2 heterocycles. The fourth-order valence-corrected chi connectivity index (χ4v) is 2.16. The summed E-state index contributed by atoms with van der Waals surface area (Å²) in [5, 5.41) is 5.61.